The van der Waals surface area contributed by atoms with Crippen LogP contribution >= 0.6 is 0 Å². The second-order valence-electron chi connectivity index (χ2n) is 5.94. The highest BCUT2D eigenvalue weighted by molar-refractivity contribution is 6.11. The molecule has 4 nitrogen and oxygen atoms in total. The molecule has 0 bridgehead atoms. The minimum Gasteiger partial charge on any atom is -0.465 e. The molecule has 3 aromatic rings. The fraction of sp³-hybridized carbons (Fsp3) is 0.273. The summed E-state index contributed by atoms with van der Waals surface area (Å²) in [5.41, 5.74) is 0.799. The molecule has 0 saturated carbocycles. The van der Waals surface area contributed by atoms with Crippen molar-refractivity contribution in [3.05, 3.63) is 70.9 Å². The monoisotopic (exact) mass is 405 g/mol. The Bertz CT molecular complexity index is 1020. The molecule has 0 spiro atoms. The third-order valence-electron chi connectivity index (χ3n) is 4.35. The maximum absolute atomic E-state index is 12.8. The highest BCUT2D eigenvalue weighted by atomic mass is 19.4. The number of hydrogen-bond acceptors (Lipinski definition) is 3. The van der Waals surface area contributed by atoms with Gasteiger partial charge in [-0.2, -0.15) is 13.2 Å². The molecule has 29 heavy (non-hydrogen) atoms. The van der Waals surface area contributed by atoms with Crippen LogP contribution in [-0.2, 0) is 17.5 Å². The van der Waals surface area contributed by atoms with Gasteiger partial charge in [0.1, 0.15) is 0 Å². The van der Waals surface area contributed by atoms with Crippen molar-refractivity contribution in [2.24, 2.45) is 0 Å². The zero-order valence-electron chi connectivity index (χ0n) is 16.6. The molecule has 2 aromatic carbocycles. The van der Waals surface area contributed by atoms with Crippen LogP contribution in [0.25, 0.3) is 10.9 Å². The van der Waals surface area contributed by atoms with E-state index >= 15 is 0 Å². The second-order valence-corrected chi connectivity index (χ2v) is 5.94. The maximum Gasteiger partial charge on any atom is 0.416 e. The fourth-order valence-electron chi connectivity index (χ4n) is 3.00. The third-order valence-corrected chi connectivity index (χ3v) is 4.35. The highest BCUT2D eigenvalue weighted by Crippen LogP contribution is 2.30. The molecule has 0 radical (unpaired) electrons. The predicted molar refractivity (Wildman–Crippen MR) is 105 cm³/mol. The number of nitrogens with zero attached hydrogens (tertiary/aromatic N) is 1. The molecule has 0 unspecified atom stereocenters. The molecule has 0 aliphatic heterocycles. The predicted octanol–water partition coefficient (Wildman–Crippen LogP) is 5.72. The number of fused-ring (bicyclic) bond motifs is 1. The van der Waals surface area contributed by atoms with Crippen molar-refractivity contribution < 1.29 is 27.5 Å². The van der Waals surface area contributed by atoms with Gasteiger partial charge in [0, 0.05) is 23.0 Å². The van der Waals surface area contributed by atoms with Crippen molar-refractivity contribution in [3.8, 4) is 0 Å². The van der Waals surface area contributed by atoms with E-state index in [0.717, 1.165) is 17.6 Å². The van der Waals surface area contributed by atoms with Gasteiger partial charge >= 0.3 is 12.1 Å². The summed E-state index contributed by atoms with van der Waals surface area (Å²) in [4.78, 5) is 24.5. The van der Waals surface area contributed by atoms with Crippen molar-refractivity contribution in [2.45, 2.75) is 33.5 Å². The Kier molecular flexibility index (Phi) is 6.84. The van der Waals surface area contributed by atoms with Crippen LogP contribution < -0.4 is 0 Å². The van der Waals surface area contributed by atoms with Crippen LogP contribution in [0.15, 0.2) is 48.5 Å². The molecule has 0 saturated heterocycles. The summed E-state index contributed by atoms with van der Waals surface area (Å²) in [5, 5.41) is 0.676. The molecule has 1 aromatic heterocycles. The lowest BCUT2D eigenvalue weighted by Crippen LogP contribution is -2.10. The van der Waals surface area contributed by atoms with Crippen LogP contribution in [0.5, 0.6) is 0 Å². The van der Waals surface area contributed by atoms with Crippen LogP contribution in [0.3, 0.4) is 0 Å². The quantitative estimate of drug-likeness (QED) is 0.412. The van der Waals surface area contributed by atoms with Crippen LogP contribution in [-0.4, -0.2) is 23.4 Å². The number of ether oxygens (including phenoxy) is 1. The number of halogens is 3. The number of benzene rings is 2. The zero-order valence-corrected chi connectivity index (χ0v) is 16.6. The van der Waals surface area contributed by atoms with E-state index in [2.05, 4.69) is 0 Å². The summed E-state index contributed by atoms with van der Waals surface area (Å²) in [7, 11) is 1.28. The summed E-state index contributed by atoms with van der Waals surface area (Å²) >= 11 is 0. The smallest absolute Gasteiger partial charge is 0.416 e. The number of alkyl halides is 3. The van der Waals surface area contributed by atoms with Crippen molar-refractivity contribution in [2.75, 3.05) is 7.11 Å². The third kappa shape index (κ3) is 4.50. The van der Waals surface area contributed by atoms with Gasteiger partial charge in [0.05, 0.1) is 23.9 Å². The molecular weight excluding hydrogens is 383 g/mol. The Morgan fingerprint density at radius 2 is 1.55 bits per heavy atom. The normalized spacial score (nSPS) is 11.0. The average Bonchev–Trinajstić information content (AvgIpc) is 3.11. The SMILES string of the molecule is CC.CCn1c(C(=O)c2ccc(C(F)(F)F)cc2)cc2cc(C(=O)OC)ccc21. The number of methoxy groups -OCH3 is 1. The van der Waals surface area contributed by atoms with E-state index in [1.807, 2.05) is 20.8 Å². The van der Waals surface area contributed by atoms with Gasteiger partial charge < -0.3 is 9.30 Å². The Morgan fingerprint density at radius 3 is 2.07 bits per heavy atom. The first-order valence-electron chi connectivity index (χ1n) is 9.19. The van der Waals surface area contributed by atoms with E-state index in [1.165, 1.54) is 19.2 Å². The lowest BCUT2D eigenvalue weighted by molar-refractivity contribution is -0.137. The van der Waals surface area contributed by atoms with Gasteiger partial charge in [-0.3, -0.25) is 4.79 Å². The number of carbonyl (C=O) groups is 2. The average molecular weight is 405 g/mol. The number of aryl methyl sites for hydroxylation is 1. The van der Waals surface area contributed by atoms with Gasteiger partial charge in [-0.05, 0) is 43.3 Å². The Labute approximate surface area is 166 Å². The number of rotatable bonds is 4. The summed E-state index contributed by atoms with van der Waals surface area (Å²) in [6.45, 7) is 6.35. The van der Waals surface area contributed by atoms with Crippen LogP contribution in [0.2, 0.25) is 0 Å². The highest BCUT2D eigenvalue weighted by Gasteiger charge is 2.30. The van der Waals surface area contributed by atoms with E-state index < -0.39 is 17.7 Å². The summed E-state index contributed by atoms with van der Waals surface area (Å²) in [6.07, 6.45) is -4.45. The molecule has 0 atom stereocenters. The Balaban J connectivity index is 0.00000145. The molecule has 0 N–H and O–H groups in total. The minimum absolute atomic E-state index is 0.161. The largest absolute Gasteiger partial charge is 0.465 e. The first-order chi connectivity index (χ1) is 13.8. The molecular formula is C22H22F3NO3. The molecule has 0 fully saturated rings. The van der Waals surface area contributed by atoms with Crippen LogP contribution in [0, 0.1) is 0 Å². The summed E-state index contributed by atoms with van der Waals surface area (Å²) in [5.74, 6) is -0.877. The van der Waals surface area contributed by atoms with Crippen molar-refractivity contribution >= 4 is 22.7 Å². The number of esters is 1. The van der Waals surface area contributed by atoms with E-state index in [-0.39, 0.29) is 11.3 Å². The second kappa shape index (κ2) is 8.94. The number of carbonyl (C=O) groups excluding carboxylic acids is 2. The zero-order chi connectivity index (χ0) is 21.8. The standard InChI is InChI=1S/C20H16F3NO3.C2H6/c1-3-24-16-9-6-13(19(26)27-2)10-14(16)11-17(24)18(25)12-4-7-15(8-5-12)20(21,22)23;1-2/h4-11H,3H2,1-2H3;1-2H3. The summed E-state index contributed by atoms with van der Waals surface area (Å²) in [6, 6.07) is 10.7. The number of hydrogen-bond donors (Lipinski definition) is 0. The van der Waals surface area contributed by atoms with Gasteiger partial charge in [-0.1, -0.05) is 26.0 Å². The Morgan fingerprint density at radius 1 is 0.966 bits per heavy atom. The fourth-order valence-corrected chi connectivity index (χ4v) is 3.00. The van der Waals surface area contributed by atoms with Crippen molar-refractivity contribution in [3.63, 3.8) is 0 Å². The van der Waals surface area contributed by atoms with Gasteiger partial charge in [-0.15, -0.1) is 0 Å². The Hall–Kier alpha value is -3.09. The van der Waals surface area contributed by atoms with E-state index in [4.69, 9.17) is 4.74 Å². The summed E-state index contributed by atoms with van der Waals surface area (Å²) < 4.78 is 44.6. The molecule has 0 aliphatic carbocycles. The van der Waals surface area contributed by atoms with Crippen molar-refractivity contribution in [1.29, 1.82) is 0 Å². The molecule has 154 valence electrons. The molecule has 7 heteroatoms. The molecule has 0 amide bonds. The van der Waals surface area contributed by atoms with Gasteiger partial charge in [0.25, 0.3) is 0 Å². The van der Waals surface area contributed by atoms with Crippen LogP contribution in [0.1, 0.15) is 52.7 Å². The van der Waals surface area contributed by atoms with E-state index in [1.54, 1.807) is 28.8 Å². The lowest BCUT2D eigenvalue weighted by Gasteiger charge is -2.09. The molecule has 0 aliphatic rings. The van der Waals surface area contributed by atoms with Crippen molar-refractivity contribution in [1.82, 2.24) is 4.57 Å². The molecule has 1 heterocycles. The first-order valence-corrected chi connectivity index (χ1v) is 9.19. The van der Waals surface area contributed by atoms with Gasteiger partial charge in [0.15, 0.2) is 0 Å². The number of ketones is 1. The van der Waals surface area contributed by atoms with E-state index in [9.17, 15) is 22.8 Å². The minimum atomic E-state index is -4.45. The lowest BCUT2D eigenvalue weighted by atomic mass is 10.1. The maximum atomic E-state index is 12.8. The van der Waals surface area contributed by atoms with Crippen LogP contribution in [0.4, 0.5) is 13.2 Å². The van der Waals surface area contributed by atoms with E-state index in [0.29, 0.717) is 23.2 Å². The topological polar surface area (TPSA) is 48.3 Å². The van der Waals surface area contributed by atoms with Gasteiger partial charge in [-0.25, -0.2) is 4.79 Å². The van der Waals surface area contributed by atoms with Gasteiger partial charge in [0.2, 0.25) is 5.78 Å². The first kappa shape index (κ1) is 22.2. The molecule has 3 rings (SSSR count). The number of aromatic nitrogens is 1.